The monoisotopic (exact) mass is 224 g/mol. The average Bonchev–Trinajstić information content (AvgIpc) is 2.69. The molecule has 0 saturated carbocycles. The van der Waals surface area contributed by atoms with Gasteiger partial charge in [-0.2, -0.15) is 0 Å². The van der Waals surface area contributed by atoms with E-state index in [-0.39, 0.29) is 12.5 Å². The number of ether oxygens (including phenoxy) is 1. The van der Waals surface area contributed by atoms with Crippen LogP contribution in [0.5, 0.6) is 0 Å². The molecule has 1 rings (SSSR count). The fourth-order valence-corrected chi connectivity index (χ4v) is 1.19. The molecule has 0 spiro atoms. The Kier molecular flexibility index (Phi) is 4.57. The second-order valence-electron chi connectivity index (χ2n) is 3.43. The minimum Gasteiger partial charge on any atom is -0.451 e. The Morgan fingerprint density at radius 2 is 2.25 bits per heavy atom. The van der Waals surface area contributed by atoms with Gasteiger partial charge in [0.1, 0.15) is 5.69 Å². The van der Waals surface area contributed by atoms with Crippen LogP contribution in [-0.4, -0.2) is 29.6 Å². The van der Waals surface area contributed by atoms with Gasteiger partial charge in [0, 0.05) is 19.8 Å². The Labute approximate surface area is 94.4 Å². The van der Waals surface area contributed by atoms with E-state index in [1.807, 2.05) is 6.92 Å². The Morgan fingerprint density at radius 3 is 2.81 bits per heavy atom. The van der Waals surface area contributed by atoms with Gasteiger partial charge in [0.2, 0.25) is 0 Å². The number of hydrogen-bond acceptors (Lipinski definition) is 3. The van der Waals surface area contributed by atoms with Crippen molar-refractivity contribution in [2.75, 3.05) is 13.2 Å². The SMILES string of the molecule is CCCNC(=O)COC(=O)c1cccn1C. The molecule has 1 aromatic heterocycles. The lowest BCUT2D eigenvalue weighted by atomic mass is 10.4. The van der Waals surface area contributed by atoms with Crippen molar-refractivity contribution in [3.8, 4) is 0 Å². The molecule has 0 atom stereocenters. The van der Waals surface area contributed by atoms with Crippen molar-refractivity contribution in [3.63, 3.8) is 0 Å². The van der Waals surface area contributed by atoms with Crippen molar-refractivity contribution in [2.24, 2.45) is 7.05 Å². The summed E-state index contributed by atoms with van der Waals surface area (Å²) in [4.78, 5) is 22.6. The number of amides is 1. The molecule has 1 aromatic rings. The van der Waals surface area contributed by atoms with E-state index in [0.717, 1.165) is 6.42 Å². The van der Waals surface area contributed by atoms with Gasteiger partial charge in [-0.15, -0.1) is 0 Å². The van der Waals surface area contributed by atoms with E-state index < -0.39 is 5.97 Å². The van der Waals surface area contributed by atoms with Crippen LogP contribution in [0.25, 0.3) is 0 Å². The zero-order chi connectivity index (χ0) is 12.0. The van der Waals surface area contributed by atoms with Crippen molar-refractivity contribution in [3.05, 3.63) is 24.0 Å². The highest BCUT2D eigenvalue weighted by Gasteiger charge is 2.11. The second kappa shape index (κ2) is 5.95. The molecule has 5 heteroatoms. The molecular weight excluding hydrogens is 208 g/mol. The fourth-order valence-electron chi connectivity index (χ4n) is 1.19. The molecule has 0 saturated heterocycles. The lowest BCUT2D eigenvalue weighted by Gasteiger charge is -2.05. The summed E-state index contributed by atoms with van der Waals surface area (Å²) in [6, 6.07) is 3.39. The Balaban J connectivity index is 2.36. The largest absolute Gasteiger partial charge is 0.451 e. The lowest BCUT2D eigenvalue weighted by Crippen LogP contribution is -2.29. The number of hydrogen-bond donors (Lipinski definition) is 1. The Morgan fingerprint density at radius 1 is 1.50 bits per heavy atom. The highest BCUT2D eigenvalue weighted by Crippen LogP contribution is 2.01. The second-order valence-corrected chi connectivity index (χ2v) is 3.43. The maximum absolute atomic E-state index is 11.5. The first-order valence-corrected chi connectivity index (χ1v) is 5.20. The van der Waals surface area contributed by atoms with Gasteiger partial charge in [-0.05, 0) is 18.6 Å². The number of aromatic nitrogens is 1. The standard InChI is InChI=1S/C11H16N2O3/c1-3-6-12-10(14)8-16-11(15)9-5-4-7-13(9)2/h4-5,7H,3,6,8H2,1-2H3,(H,12,14). The van der Waals surface area contributed by atoms with E-state index in [1.165, 1.54) is 0 Å². The van der Waals surface area contributed by atoms with Crippen LogP contribution < -0.4 is 5.32 Å². The summed E-state index contributed by atoms with van der Waals surface area (Å²) in [7, 11) is 1.74. The summed E-state index contributed by atoms with van der Waals surface area (Å²) in [6.45, 7) is 2.32. The van der Waals surface area contributed by atoms with E-state index in [0.29, 0.717) is 12.2 Å². The summed E-state index contributed by atoms with van der Waals surface area (Å²) in [5.74, 6) is -0.761. The van der Waals surface area contributed by atoms with Crippen LogP contribution in [0.3, 0.4) is 0 Å². The third-order valence-electron chi connectivity index (χ3n) is 2.06. The summed E-state index contributed by atoms with van der Waals surface area (Å²) < 4.78 is 6.50. The minimum absolute atomic E-state index is 0.232. The van der Waals surface area contributed by atoms with Crippen molar-refractivity contribution < 1.29 is 14.3 Å². The molecule has 1 N–H and O–H groups in total. The third-order valence-corrected chi connectivity index (χ3v) is 2.06. The van der Waals surface area contributed by atoms with Crippen LogP contribution in [0, 0.1) is 0 Å². The average molecular weight is 224 g/mol. The molecule has 0 aromatic carbocycles. The number of carbonyl (C=O) groups is 2. The van der Waals surface area contributed by atoms with E-state index in [9.17, 15) is 9.59 Å². The summed E-state index contributed by atoms with van der Waals surface area (Å²) in [5.41, 5.74) is 0.434. The number of carbonyl (C=O) groups excluding carboxylic acids is 2. The van der Waals surface area contributed by atoms with Gasteiger partial charge in [-0.3, -0.25) is 4.79 Å². The normalized spacial score (nSPS) is 9.88. The molecule has 5 nitrogen and oxygen atoms in total. The minimum atomic E-state index is -0.487. The molecule has 0 radical (unpaired) electrons. The first-order chi connectivity index (χ1) is 7.65. The number of esters is 1. The van der Waals surface area contributed by atoms with Crippen LogP contribution >= 0.6 is 0 Å². The van der Waals surface area contributed by atoms with Gasteiger partial charge < -0.3 is 14.6 Å². The van der Waals surface area contributed by atoms with Crippen molar-refractivity contribution in [1.82, 2.24) is 9.88 Å². The zero-order valence-corrected chi connectivity index (χ0v) is 9.53. The van der Waals surface area contributed by atoms with Crippen molar-refractivity contribution in [1.29, 1.82) is 0 Å². The molecule has 1 amide bonds. The summed E-state index contributed by atoms with van der Waals surface area (Å²) in [6.07, 6.45) is 2.60. The van der Waals surface area contributed by atoms with Crippen LogP contribution in [0.4, 0.5) is 0 Å². The number of nitrogens with zero attached hydrogens (tertiary/aromatic N) is 1. The maximum atomic E-state index is 11.5. The first kappa shape index (κ1) is 12.3. The zero-order valence-electron chi connectivity index (χ0n) is 9.53. The lowest BCUT2D eigenvalue weighted by molar-refractivity contribution is -0.124. The van der Waals surface area contributed by atoms with E-state index in [4.69, 9.17) is 4.74 Å². The summed E-state index contributed by atoms with van der Waals surface area (Å²) in [5, 5.41) is 2.62. The van der Waals surface area contributed by atoms with Crippen LogP contribution in [-0.2, 0) is 16.6 Å². The molecule has 16 heavy (non-hydrogen) atoms. The van der Waals surface area contributed by atoms with Crippen LogP contribution in [0.15, 0.2) is 18.3 Å². The molecule has 1 heterocycles. The maximum Gasteiger partial charge on any atom is 0.355 e. The van der Waals surface area contributed by atoms with Gasteiger partial charge in [-0.25, -0.2) is 4.79 Å². The smallest absolute Gasteiger partial charge is 0.355 e. The van der Waals surface area contributed by atoms with Gasteiger partial charge >= 0.3 is 5.97 Å². The van der Waals surface area contributed by atoms with E-state index in [2.05, 4.69) is 5.32 Å². The van der Waals surface area contributed by atoms with Gasteiger partial charge in [0.25, 0.3) is 5.91 Å². The van der Waals surface area contributed by atoms with E-state index >= 15 is 0 Å². The number of nitrogens with one attached hydrogen (secondary N) is 1. The molecule has 0 aliphatic rings. The van der Waals surface area contributed by atoms with E-state index in [1.54, 1.807) is 29.9 Å². The molecule has 0 aliphatic heterocycles. The molecule has 0 bridgehead atoms. The Hall–Kier alpha value is -1.78. The van der Waals surface area contributed by atoms with Gasteiger partial charge in [-0.1, -0.05) is 6.92 Å². The van der Waals surface area contributed by atoms with Gasteiger partial charge in [0.05, 0.1) is 0 Å². The highest BCUT2D eigenvalue weighted by atomic mass is 16.5. The molecule has 0 unspecified atom stereocenters. The van der Waals surface area contributed by atoms with Crippen LogP contribution in [0.2, 0.25) is 0 Å². The Bertz CT molecular complexity index is 371. The molecule has 0 aliphatic carbocycles. The molecule has 0 fully saturated rings. The first-order valence-electron chi connectivity index (χ1n) is 5.20. The fraction of sp³-hybridized carbons (Fsp3) is 0.455. The van der Waals surface area contributed by atoms with Crippen molar-refractivity contribution in [2.45, 2.75) is 13.3 Å². The topological polar surface area (TPSA) is 60.3 Å². The van der Waals surface area contributed by atoms with Gasteiger partial charge in [0.15, 0.2) is 6.61 Å². The van der Waals surface area contributed by atoms with Crippen molar-refractivity contribution >= 4 is 11.9 Å². The van der Waals surface area contributed by atoms with Crippen LogP contribution in [0.1, 0.15) is 23.8 Å². The predicted octanol–water partition coefficient (Wildman–Crippen LogP) is 0.708. The summed E-state index contributed by atoms with van der Waals surface area (Å²) >= 11 is 0. The number of rotatable bonds is 5. The third kappa shape index (κ3) is 3.42. The highest BCUT2D eigenvalue weighted by molar-refractivity contribution is 5.89. The molecule has 88 valence electrons. The predicted molar refractivity (Wildman–Crippen MR) is 59.0 cm³/mol. The number of aryl methyl sites for hydroxylation is 1. The molecular formula is C11H16N2O3. The quantitative estimate of drug-likeness (QED) is 0.749.